The quantitative estimate of drug-likeness (QED) is 0.606. The monoisotopic (exact) mass is 170 g/mol. The van der Waals surface area contributed by atoms with E-state index in [1.54, 1.807) is 6.08 Å². The fourth-order valence-electron chi connectivity index (χ4n) is 1.14. The van der Waals surface area contributed by atoms with Gasteiger partial charge in [-0.1, -0.05) is 55.6 Å². The molecule has 66 valence electrons. The van der Waals surface area contributed by atoms with Crippen LogP contribution >= 0.6 is 0 Å². The fourth-order valence-corrected chi connectivity index (χ4v) is 1.14. The molecule has 0 nitrogen and oxygen atoms in total. The molecule has 0 bridgehead atoms. The maximum atomic E-state index is 3.97. The third-order valence-electron chi connectivity index (χ3n) is 2.00. The summed E-state index contributed by atoms with van der Waals surface area (Å²) < 4.78 is 0. The lowest BCUT2D eigenvalue weighted by atomic mass is 9.99. The van der Waals surface area contributed by atoms with Gasteiger partial charge < -0.3 is 0 Å². The van der Waals surface area contributed by atoms with Crippen molar-refractivity contribution in [2.75, 3.05) is 0 Å². The highest BCUT2D eigenvalue weighted by Crippen LogP contribution is 2.20. The predicted octanol–water partition coefficient (Wildman–Crippen LogP) is 3.75. The van der Waals surface area contributed by atoms with Gasteiger partial charge in [0.15, 0.2) is 0 Å². The van der Waals surface area contributed by atoms with Gasteiger partial charge in [-0.25, -0.2) is 0 Å². The Bertz CT molecular complexity index is 356. The lowest BCUT2D eigenvalue weighted by Gasteiger charge is -2.05. The second-order valence-electron chi connectivity index (χ2n) is 3.08. The summed E-state index contributed by atoms with van der Waals surface area (Å²) in [6.45, 7) is 13.6. The van der Waals surface area contributed by atoms with E-state index in [0.29, 0.717) is 0 Å². The van der Waals surface area contributed by atoms with Crippen molar-refractivity contribution in [3.8, 4) is 0 Å². The average Bonchev–Trinajstić information content (AvgIpc) is 2.15. The SMILES string of the molecule is C=CC(=C)C(=C)c1cccc(C)c1. The molecule has 0 spiro atoms. The van der Waals surface area contributed by atoms with Crippen LogP contribution in [0, 0.1) is 6.92 Å². The molecular weight excluding hydrogens is 156 g/mol. The highest BCUT2D eigenvalue weighted by molar-refractivity contribution is 5.79. The molecule has 0 heterocycles. The van der Waals surface area contributed by atoms with Crippen molar-refractivity contribution >= 4 is 5.57 Å². The van der Waals surface area contributed by atoms with E-state index in [2.05, 4.69) is 38.8 Å². The molecule has 0 fully saturated rings. The lowest BCUT2D eigenvalue weighted by Crippen LogP contribution is -1.84. The highest BCUT2D eigenvalue weighted by Gasteiger charge is 1.99. The molecule has 0 unspecified atom stereocenters. The number of aryl methyl sites for hydroxylation is 1. The Hall–Kier alpha value is -1.56. The van der Waals surface area contributed by atoms with Crippen LogP contribution in [-0.2, 0) is 0 Å². The molecule has 1 rings (SSSR count). The highest BCUT2D eigenvalue weighted by atomic mass is 14.0. The van der Waals surface area contributed by atoms with E-state index in [1.165, 1.54) is 5.56 Å². The Morgan fingerprint density at radius 1 is 1.31 bits per heavy atom. The van der Waals surface area contributed by atoms with Crippen molar-refractivity contribution in [2.45, 2.75) is 6.92 Å². The number of rotatable bonds is 3. The number of allylic oxidation sites excluding steroid dienone is 3. The minimum atomic E-state index is 0.880. The van der Waals surface area contributed by atoms with Crippen molar-refractivity contribution in [1.29, 1.82) is 0 Å². The van der Waals surface area contributed by atoms with Gasteiger partial charge in [0.25, 0.3) is 0 Å². The van der Waals surface area contributed by atoms with E-state index in [9.17, 15) is 0 Å². The van der Waals surface area contributed by atoms with Crippen LogP contribution < -0.4 is 0 Å². The van der Waals surface area contributed by atoms with Crippen molar-refractivity contribution in [2.24, 2.45) is 0 Å². The van der Waals surface area contributed by atoms with Crippen LogP contribution in [-0.4, -0.2) is 0 Å². The largest absolute Gasteiger partial charge is 0.0985 e. The maximum Gasteiger partial charge on any atom is -0.0182 e. The van der Waals surface area contributed by atoms with Gasteiger partial charge in [-0.3, -0.25) is 0 Å². The molecule has 1 aromatic carbocycles. The van der Waals surface area contributed by atoms with Crippen molar-refractivity contribution in [3.05, 3.63) is 66.8 Å². The molecule has 1 aromatic rings. The van der Waals surface area contributed by atoms with Gasteiger partial charge in [0, 0.05) is 0 Å². The van der Waals surface area contributed by atoms with Gasteiger partial charge >= 0.3 is 0 Å². The normalized spacial score (nSPS) is 9.31. The van der Waals surface area contributed by atoms with Gasteiger partial charge in [0.05, 0.1) is 0 Å². The summed E-state index contributed by atoms with van der Waals surface area (Å²) >= 11 is 0. The summed E-state index contributed by atoms with van der Waals surface area (Å²) in [4.78, 5) is 0. The standard InChI is InChI=1S/C13H14/c1-5-11(3)12(4)13-8-6-7-10(2)9-13/h5-9H,1,3-4H2,2H3. The third kappa shape index (κ3) is 2.19. The molecule has 0 heteroatoms. The van der Waals surface area contributed by atoms with E-state index in [-0.39, 0.29) is 0 Å². The van der Waals surface area contributed by atoms with Crippen LogP contribution in [0.3, 0.4) is 0 Å². The summed E-state index contributed by atoms with van der Waals surface area (Å²) in [5, 5.41) is 0. The molecule has 0 aliphatic carbocycles. The third-order valence-corrected chi connectivity index (χ3v) is 2.00. The minimum Gasteiger partial charge on any atom is -0.0985 e. The number of hydrogen-bond acceptors (Lipinski definition) is 0. The van der Waals surface area contributed by atoms with E-state index in [1.807, 2.05) is 12.1 Å². The summed E-state index contributed by atoms with van der Waals surface area (Å²) in [5.74, 6) is 0. The molecule has 0 aliphatic heterocycles. The van der Waals surface area contributed by atoms with E-state index >= 15 is 0 Å². The van der Waals surface area contributed by atoms with Crippen molar-refractivity contribution < 1.29 is 0 Å². The number of hydrogen-bond donors (Lipinski definition) is 0. The van der Waals surface area contributed by atoms with Crippen LogP contribution in [0.2, 0.25) is 0 Å². The van der Waals surface area contributed by atoms with E-state index in [4.69, 9.17) is 0 Å². The first-order valence-corrected chi connectivity index (χ1v) is 4.23. The lowest BCUT2D eigenvalue weighted by molar-refractivity contribution is 1.45. The molecule has 0 N–H and O–H groups in total. The molecule has 13 heavy (non-hydrogen) atoms. The Morgan fingerprint density at radius 3 is 2.54 bits per heavy atom. The first-order valence-electron chi connectivity index (χ1n) is 4.23. The maximum absolute atomic E-state index is 3.97. The molecule has 0 radical (unpaired) electrons. The molecule has 0 saturated carbocycles. The summed E-state index contributed by atoms with van der Waals surface area (Å²) in [5.41, 5.74) is 4.17. The molecule has 0 aromatic heterocycles. The van der Waals surface area contributed by atoms with Gasteiger partial charge in [-0.15, -0.1) is 0 Å². The fraction of sp³-hybridized carbons (Fsp3) is 0.0769. The zero-order valence-electron chi connectivity index (χ0n) is 8.01. The van der Waals surface area contributed by atoms with Crippen LogP contribution in [0.1, 0.15) is 11.1 Å². The first kappa shape index (κ1) is 9.53. The van der Waals surface area contributed by atoms with Gasteiger partial charge in [0.2, 0.25) is 0 Å². The molecule has 0 atom stereocenters. The van der Waals surface area contributed by atoms with Crippen LogP contribution in [0.15, 0.2) is 55.7 Å². The number of benzene rings is 1. The Labute approximate surface area is 79.9 Å². The smallest absolute Gasteiger partial charge is 0.0182 e. The molecular formula is C13H14. The van der Waals surface area contributed by atoms with Gasteiger partial charge in [-0.2, -0.15) is 0 Å². The second-order valence-corrected chi connectivity index (χ2v) is 3.08. The Kier molecular flexibility index (Phi) is 2.86. The van der Waals surface area contributed by atoms with E-state index < -0.39 is 0 Å². The molecule has 0 saturated heterocycles. The zero-order chi connectivity index (χ0) is 9.84. The molecule has 0 amide bonds. The topological polar surface area (TPSA) is 0 Å². The van der Waals surface area contributed by atoms with Crippen LogP contribution in [0.25, 0.3) is 5.57 Å². The van der Waals surface area contributed by atoms with Crippen LogP contribution in [0.5, 0.6) is 0 Å². The van der Waals surface area contributed by atoms with Gasteiger partial charge in [0.1, 0.15) is 0 Å². The van der Waals surface area contributed by atoms with Crippen molar-refractivity contribution in [3.63, 3.8) is 0 Å². The first-order chi connectivity index (χ1) is 6.15. The van der Waals surface area contributed by atoms with E-state index in [0.717, 1.165) is 16.7 Å². The minimum absolute atomic E-state index is 0.880. The zero-order valence-corrected chi connectivity index (χ0v) is 8.01. The summed E-state index contributed by atoms with van der Waals surface area (Å²) in [7, 11) is 0. The summed E-state index contributed by atoms with van der Waals surface area (Å²) in [6.07, 6.45) is 1.73. The van der Waals surface area contributed by atoms with Crippen molar-refractivity contribution in [1.82, 2.24) is 0 Å². The average molecular weight is 170 g/mol. The summed E-state index contributed by atoms with van der Waals surface area (Å²) in [6, 6.07) is 8.21. The Balaban J connectivity index is 3.02. The molecule has 0 aliphatic rings. The van der Waals surface area contributed by atoms with Gasteiger partial charge in [-0.05, 0) is 23.6 Å². The second kappa shape index (κ2) is 3.90. The predicted molar refractivity (Wildman–Crippen MR) is 59.6 cm³/mol. The van der Waals surface area contributed by atoms with Crippen LogP contribution in [0.4, 0.5) is 0 Å². The Morgan fingerprint density at radius 2 is 2.00 bits per heavy atom.